The quantitative estimate of drug-likeness (QED) is 0.648. The van der Waals surface area contributed by atoms with Crippen molar-refractivity contribution in [1.29, 1.82) is 0 Å². The number of ether oxygens (including phenoxy) is 2. The summed E-state index contributed by atoms with van der Waals surface area (Å²) in [6.07, 6.45) is 0.697. The third-order valence-electron chi connectivity index (χ3n) is 2.67. The number of rotatable bonds is 3. The maximum Gasteiger partial charge on any atom is 0.509 e. The van der Waals surface area contributed by atoms with E-state index in [0.29, 0.717) is 6.61 Å². The minimum atomic E-state index is -1.11. The summed E-state index contributed by atoms with van der Waals surface area (Å²) in [5, 5.41) is 17.4. The first-order chi connectivity index (χ1) is 9.86. The van der Waals surface area contributed by atoms with Gasteiger partial charge in [0.1, 0.15) is 6.61 Å². The van der Waals surface area contributed by atoms with Crippen LogP contribution >= 0.6 is 0 Å². The standard InChI is InChI=1S/C9H8O4.C5H6O3/c1-5-6(8(10)11)3-2-4-7(5)9(12)13;1-2-4-3-7-5(6)8-4/h2-4H,1H3,(H,10,11)(H,12,13);2,4H,1,3H2. The molecule has 0 amide bonds. The molecule has 0 radical (unpaired) electrons. The molecule has 1 fully saturated rings. The van der Waals surface area contributed by atoms with Gasteiger partial charge in [0, 0.05) is 0 Å². The zero-order chi connectivity index (χ0) is 16.0. The maximum absolute atomic E-state index is 10.6. The van der Waals surface area contributed by atoms with Gasteiger partial charge in [-0.1, -0.05) is 12.6 Å². The first kappa shape index (κ1) is 16.2. The number of benzene rings is 1. The van der Waals surface area contributed by atoms with E-state index in [1.807, 2.05) is 0 Å². The molecule has 1 atom stereocenters. The Labute approximate surface area is 120 Å². The van der Waals surface area contributed by atoms with Crippen LogP contribution in [-0.4, -0.2) is 41.0 Å². The van der Waals surface area contributed by atoms with Gasteiger partial charge in [0.2, 0.25) is 0 Å². The molecule has 0 aliphatic carbocycles. The highest BCUT2D eigenvalue weighted by Crippen LogP contribution is 2.13. The van der Waals surface area contributed by atoms with E-state index in [0.717, 1.165) is 0 Å². The van der Waals surface area contributed by atoms with Crippen LogP contribution in [0.15, 0.2) is 30.9 Å². The van der Waals surface area contributed by atoms with Crippen LogP contribution in [0.2, 0.25) is 0 Å². The minimum absolute atomic E-state index is 0.0277. The van der Waals surface area contributed by atoms with Crippen LogP contribution in [-0.2, 0) is 9.47 Å². The van der Waals surface area contributed by atoms with Gasteiger partial charge in [-0.2, -0.15) is 0 Å². The predicted molar refractivity (Wildman–Crippen MR) is 71.5 cm³/mol. The van der Waals surface area contributed by atoms with Gasteiger partial charge < -0.3 is 19.7 Å². The number of carbonyl (C=O) groups is 3. The molecule has 1 aliphatic heterocycles. The summed E-state index contributed by atoms with van der Waals surface area (Å²) in [5.41, 5.74) is 0.335. The molecule has 21 heavy (non-hydrogen) atoms. The molecule has 1 unspecified atom stereocenters. The van der Waals surface area contributed by atoms with Crippen LogP contribution in [0.4, 0.5) is 4.79 Å². The minimum Gasteiger partial charge on any atom is -0.478 e. The van der Waals surface area contributed by atoms with Crippen molar-refractivity contribution in [3.63, 3.8) is 0 Å². The lowest BCUT2D eigenvalue weighted by Gasteiger charge is -2.03. The number of aromatic carboxylic acids is 2. The molecule has 7 heteroatoms. The highest BCUT2D eigenvalue weighted by atomic mass is 16.8. The summed E-state index contributed by atoms with van der Waals surface area (Å²) in [6, 6.07) is 4.17. The van der Waals surface area contributed by atoms with Crippen molar-refractivity contribution in [2.75, 3.05) is 6.61 Å². The maximum atomic E-state index is 10.6. The van der Waals surface area contributed by atoms with Crippen molar-refractivity contribution in [3.8, 4) is 0 Å². The van der Waals surface area contributed by atoms with Crippen molar-refractivity contribution in [2.24, 2.45) is 0 Å². The number of carboxylic acids is 2. The monoisotopic (exact) mass is 294 g/mol. The number of hydrogen-bond acceptors (Lipinski definition) is 5. The molecule has 1 aromatic rings. The van der Waals surface area contributed by atoms with Crippen LogP contribution in [0.25, 0.3) is 0 Å². The number of carbonyl (C=O) groups excluding carboxylic acids is 1. The molecular formula is C14H14O7. The summed E-state index contributed by atoms with van der Waals surface area (Å²) in [7, 11) is 0. The molecule has 0 spiro atoms. The second-order valence-electron chi connectivity index (χ2n) is 4.04. The number of hydrogen-bond donors (Lipinski definition) is 2. The lowest BCUT2D eigenvalue weighted by atomic mass is 10.0. The molecule has 1 heterocycles. The Morgan fingerprint density at radius 3 is 2.10 bits per heavy atom. The van der Waals surface area contributed by atoms with Gasteiger partial charge in [-0.25, -0.2) is 14.4 Å². The Hall–Kier alpha value is -2.83. The van der Waals surface area contributed by atoms with Crippen LogP contribution < -0.4 is 0 Å². The molecule has 0 saturated carbocycles. The second-order valence-corrected chi connectivity index (χ2v) is 4.04. The van der Waals surface area contributed by atoms with Crippen molar-refractivity contribution in [1.82, 2.24) is 0 Å². The van der Waals surface area contributed by atoms with Gasteiger partial charge in [-0.15, -0.1) is 0 Å². The fraction of sp³-hybridized carbons (Fsp3) is 0.214. The van der Waals surface area contributed by atoms with Gasteiger partial charge in [-0.3, -0.25) is 0 Å². The summed E-state index contributed by atoms with van der Waals surface area (Å²) in [6.45, 7) is 5.21. The van der Waals surface area contributed by atoms with E-state index in [9.17, 15) is 14.4 Å². The average molecular weight is 294 g/mol. The molecule has 1 saturated heterocycles. The normalized spacial score (nSPS) is 16.0. The van der Waals surface area contributed by atoms with Gasteiger partial charge >= 0.3 is 18.1 Å². The third-order valence-corrected chi connectivity index (χ3v) is 2.67. The molecule has 112 valence electrons. The van der Waals surface area contributed by atoms with Crippen LogP contribution in [0, 0.1) is 6.92 Å². The fourth-order valence-corrected chi connectivity index (χ4v) is 1.56. The summed E-state index contributed by atoms with van der Waals surface area (Å²) in [5.74, 6) is -2.22. The molecule has 0 bridgehead atoms. The van der Waals surface area contributed by atoms with Crippen molar-refractivity contribution >= 4 is 18.1 Å². The van der Waals surface area contributed by atoms with Gasteiger partial charge in [0.25, 0.3) is 0 Å². The van der Waals surface area contributed by atoms with Crippen molar-refractivity contribution < 1.29 is 34.1 Å². The molecule has 1 aliphatic rings. The topological polar surface area (TPSA) is 110 Å². The van der Waals surface area contributed by atoms with Crippen LogP contribution in [0.1, 0.15) is 26.3 Å². The molecular weight excluding hydrogens is 280 g/mol. The molecule has 2 N–H and O–H groups in total. The molecule has 2 rings (SSSR count). The SMILES string of the molecule is C=CC1COC(=O)O1.Cc1c(C(=O)O)cccc1C(=O)O. The molecule has 1 aromatic carbocycles. The Bertz CT molecular complexity index is 544. The average Bonchev–Trinajstić information content (AvgIpc) is 2.85. The van der Waals surface area contributed by atoms with Gasteiger partial charge in [0.05, 0.1) is 11.1 Å². The lowest BCUT2D eigenvalue weighted by Crippen LogP contribution is -2.06. The molecule has 0 aromatic heterocycles. The smallest absolute Gasteiger partial charge is 0.478 e. The van der Waals surface area contributed by atoms with E-state index in [4.69, 9.17) is 10.2 Å². The Balaban J connectivity index is 0.000000235. The Kier molecular flexibility index (Phi) is 5.48. The predicted octanol–water partition coefficient (Wildman–Crippen LogP) is 2.10. The Morgan fingerprint density at radius 2 is 1.81 bits per heavy atom. The lowest BCUT2D eigenvalue weighted by molar-refractivity contribution is 0.0696. The summed E-state index contributed by atoms with van der Waals surface area (Å²) >= 11 is 0. The highest BCUT2D eigenvalue weighted by Gasteiger charge is 2.21. The third kappa shape index (κ3) is 4.34. The van der Waals surface area contributed by atoms with Crippen molar-refractivity contribution in [2.45, 2.75) is 13.0 Å². The summed E-state index contributed by atoms with van der Waals surface area (Å²) < 4.78 is 8.96. The van der Waals surface area contributed by atoms with Crippen LogP contribution in [0.3, 0.4) is 0 Å². The van der Waals surface area contributed by atoms with E-state index in [1.165, 1.54) is 31.2 Å². The van der Waals surface area contributed by atoms with E-state index < -0.39 is 18.1 Å². The first-order valence-corrected chi connectivity index (χ1v) is 5.89. The zero-order valence-corrected chi connectivity index (χ0v) is 11.2. The summed E-state index contributed by atoms with van der Waals surface area (Å²) in [4.78, 5) is 31.3. The van der Waals surface area contributed by atoms with Crippen LogP contribution in [0.5, 0.6) is 0 Å². The number of carboxylic acid groups (broad SMARTS) is 2. The van der Waals surface area contributed by atoms with Gasteiger partial charge in [-0.05, 0) is 30.7 Å². The number of cyclic esters (lactones) is 2. The van der Waals surface area contributed by atoms with E-state index in [2.05, 4.69) is 16.1 Å². The first-order valence-electron chi connectivity index (χ1n) is 5.89. The fourth-order valence-electron chi connectivity index (χ4n) is 1.56. The molecule has 7 nitrogen and oxygen atoms in total. The van der Waals surface area contributed by atoms with Gasteiger partial charge in [0.15, 0.2) is 6.10 Å². The van der Waals surface area contributed by atoms with E-state index >= 15 is 0 Å². The van der Waals surface area contributed by atoms with Crippen molar-refractivity contribution in [3.05, 3.63) is 47.5 Å². The highest BCUT2D eigenvalue weighted by molar-refractivity contribution is 5.96. The van der Waals surface area contributed by atoms with E-state index in [1.54, 1.807) is 0 Å². The van der Waals surface area contributed by atoms with E-state index in [-0.39, 0.29) is 22.8 Å². The largest absolute Gasteiger partial charge is 0.509 e. The Morgan fingerprint density at radius 1 is 1.29 bits per heavy atom. The second kappa shape index (κ2) is 7.09. The zero-order valence-electron chi connectivity index (χ0n) is 11.2.